The third-order valence-electron chi connectivity index (χ3n) is 3.04. The minimum atomic E-state index is -0.211. The third-order valence-corrected chi connectivity index (χ3v) is 3.04. The van der Waals surface area contributed by atoms with E-state index in [1.165, 1.54) is 18.5 Å². The van der Waals surface area contributed by atoms with Crippen LogP contribution in [0, 0.1) is 5.82 Å². The number of aromatic nitrogens is 3. The van der Waals surface area contributed by atoms with Crippen LogP contribution < -0.4 is 10.6 Å². The van der Waals surface area contributed by atoms with Crippen molar-refractivity contribution in [2.24, 2.45) is 12.0 Å². The number of aliphatic imine (C=N–C) groups is 1. The zero-order valence-electron chi connectivity index (χ0n) is 12.2. The molecule has 0 saturated carbocycles. The molecule has 1 heterocycles. The van der Waals surface area contributed by atoms with Crippen molar-refractivity contribution in [3.8, 4) is 0 Å². The zero-order chi connectivity index (χ0) is 15.1. The van der Waals surface area contributed by atoms with Gasteiger partial charge in [-0.2, -0.15) is 5.10 Å². The van der Waals surface area contributed by atoms with Gasteiger partial charge in [-0.05, 0) is 24.1 Å². The number of halogens is 1. The molecule has 112 valence electrons. The third kappa shape index (κ3) is 4.55. The lowest BCUT2D eigenvalue weighted by molar-refractivity contribution is 0.625. The molecule has 0 radical (unpaired) electrons. The summed E-state index contributed by atoms with van der Waals surface area (Å²) in [6.45, 7) is 1.21. The molecule has 1 aromatic carbocycles. The Hall–Kier alpha value is -2.44. The number of guanidine groups is 1. The van der Waals surface area contributed by atoms with Gasteiger partial charge in [-0.15, -0.1) is 0 Å². The fourth-order valence-corrected chi connectivity index (χ4v) is 1.88. The van der Waals surface area contributed by atoms with Crippen LogP contribution in [0.3, 0.4) is 0 Å². The monoisotopic (exact) mass is 290 g/mol. The molecule has 0 amide bonds. The van der Waals surface area contributed by atoms with Gasteiger partial charge < -0.3 is 10.6 Å². The van der Waals surface area contributed by atoms with Gasteiger partial charge in [0.25, 0.3) is 0 Å². The van der Waals surface area contributed by atoms with Gasteiger partial charge >= 0.3 is 0 Å². The number of aryl methyl sites for hydroxylation is 1. The van der Waals surface area contributed by atoms with Crippen LogP contribution in [0.2, 0.25) is 0 Å². The Bertz CT molecular complexity index is 607. The lowest BCUT2D eigenvalue weighted by Crippen LogP contribution is -2.38. The fourth-order valence-electron chi connectivity index (χ4n) is 1.88. The predicted octanol–water partition coefficient (Wildman–Crippen LogP) is 0.862. The molecule has 0 aliphatic carbocycles. The first kappa shape index (κ1) is 15.0. The van der Waals surface area contributed by atoms with Crippen LogP contribution in [0.4, 0.5) is 4.39 Å². The molecule has 0 aliphatic heterocycles. The molecule has 0 saturated heterocycles. The molecular weight excluding hydrogens is 271 g/mol. The first-order valence-corrected chi connectivity index (χ1v) is 6.71. The summed E-state index contributed by atoms with van der Waals surface area (Å²) in [6.07, 6.45) is 2.24. The van der Waals surface area contributed by atoms with Gasteiger partial charge in [0.2, 0.25) is 0 Å². The molecule has 2 aromatic rings. The first-order chi connectivity index (χ1) is 10.2. The van der Waals surface area contributed by atoms with Crippen molar-refractivity contribution in [1.82, 2.24) is 25.4 Å². The van der Waals surface area contributed by atoms with Crippen molar-refractivity contribution in [1.29, 1.82) is 0 Å². The molecule has 0 unspecified atom stereocenters. The van der Waals surface area contributed by atoms with Crippen molar-refractivity contribution in [3.63, 3.8) is 0 Å². The van der Waals surface area contributed by atoms with E-state index in [1.807, 2.05) is 13.1 Å². The minimum absolute atomic E-state index is 0.211. The molecule has 0 spiro atoms. The maximum atomic E-state index is 13.1. The van der Waals surface area contributed by atoms with Gasteiger partial charge in [0.1, 0.15) is 18.0 Å². The van der Waals surface area contributed by atoms with E-state index in [1.54, 1.807) is 17.8 Å². The molecule has 2 N–H and O–H groups in total. The zero-order valence-corrected chi connectivity index (χ0v) is 12.2. The normalized spacial score (nSPS) is 11.5. The van der Waals surface area contributed by atoms with E-state index in [4.69, 9.17) is 0 Å². The van der Waals surface area contributed by atoms with E-state index in [0.717, 1.165) is 17.8 Å². The van der Waals surface area contributed by atoms with Gasteiger partial charge in [0, 0.05) is 20.6 Å². The molecule has 0 bridgehead atoms. The lowest BCUT2D eigenvalue weighted by Gasteiger charge is -2.11. The molecule has 1 aromatic heterocycles. The summed E-state index contributed by atoms with van der Waals surface area (Å²) in [4.78, 5) is 8.25. The van der Waals surface area contributed by atoms with E-state index in [2.05, 4.69) is 25.7 Å². The Balaban J connectivity index is 1.77. The average Bonchev–Trinajstić information content (AvgIpc) is 2.88. The molecule has 21 heavy (non-hydrogen) atoms. The number of nitrogens with zero attached hydrogens (tertiary/aromatic N) is 4. The molecule has 7 heteroatoms. The Morgan fingerprint density at radius 2 is 2.24 bits per heavy atom. The molecule has 0 atom stereocenters. The maximum absolute atomic E-state index is 13.1. The Kier molecular flexibility index (Phi) is 5.25. The van der Waals surface area contributed by atoms with Crippen LogP contribution in [0.25, 0.3) is 0 Å². The van der Waals surface area contributed by atoms with E-state index >= 15 is 0 Å². The molecular formula is C14H19FN6. The van der Waals surface area contributed by atoms with E-state index in [-0.39, 0.29) is 5.82 Å². The van der Waals surface area contributed by atoms with Gasteiger partial charge in [-0.1, -0.05) is 12.1 Å². The topological polar surface area (TPSA) is 67.1 Å². The van der Waals surface area contributed by atoms with Crippen molar-refractivity contribution in [3.05, 3.63) is 47.8 Å². The number of nitrogens with one attached hydrogen (secondary N) is 2. The summed E-state index contributed by atoms with van der Waals surface area (Å²) in [5.74, 6) is 1.29. The van der Waals surface area contributed by atoms with Crippen molar-refractivity contribution < 1.29 is 4.39 Å². The van der Waals surface area contributed by atoms with Gasteiger partial charge in [-0.3, -0.25) is 9.67 Å². The Morgan fingerprint density at radius 3 is 2.90 bits per heavy atom. The second kappa shape index (κ2) is 7.37. The average molecular weight is 290 g/mol. The SMILES string of the molecule is CN=C(NCCc1cccc(F)c1)NCc1ncnn1C. The minimum Gasteiger partial charge on any atom is -0.356 e. The molecule has 6 nitrogen and oxygen atoms in total. The summed E-state index contributed by atoms with van der Waals surface area (Å²) < 4.78 is 14.8. The summed E-state index contributed by atoms with van der Waals surface area (Å²) >= 11 is 0. The quantitative estimate of drug-likeness (QED) is 0.633. The number of hydrogen-bond acceptors (Lipinski definition) is 3. The smallest absolute Gasteiger partial charge is 0.191 e. The van der Waals surface area contributed by atoms with E-state index < -0.39 is 0 Å². The van der Waals surface area contributed by atoms with Gasteiger partial charge in [-0.25, -0.2) is 9.37 Å². The van der Waals surface area contributed by atoms with E-state index in [9.17, 15) is 4.39 Å². The fraction of sp³-hybridized carbons (Fsp3) is 0.357. The summed E-state index contributed by atoms with van der Waals surface area (Å²) in [5, 5.41) is 10.3. The molecule has 2 rings (SSSR count). The van der Waals surface area contributed by atoms with Crippen molar-refractivity contribution in [2.45, 2.75) is 13.0 Å². The van der Waals surface area contributed by atoms with Crippen LogP contribution in [0.1, 0.15) is 11.4 Å². The highest BCUT2D eigenvalue weighted by molar-refractivity contribution is 5.79. The van der Waals surface area contributed by atoms with Crippen LogP contribution >= 0.6 is 0 Å². The van der Waals surface area contributed by atoms with Crippen LogP contribution in [0.15, 0.2) is 35.6 Å². The van der Waals surface area contributed by atoms with Crippen molar-refractivity contribution >= 4 is 5.96 Å². The van der Waals surface area contributed by atoms with E-state index in [0.29, 0.717) is 19.0 Å². The summed E-state index contributed by atoms with van der Waals surface area (Å²) in [5.41, 5.74) is 0.950. The molecule has 0 aliphatic rings. The largest absolute Gasteiger partial charge is 0.356 e. The highest BCUT2D eigenvalue weighted by Crippen LogP contribution is 2.03. The van der Waals surface area contributed by atoms with Gasteiger partial charge in [0.05, 0.1) is 6.54 Å². The van der Waals surface area contributed by atoms with Crippen LogP contribution in [-0.2, 0) is 20.0 Å². The Morgan fingerprint density at radius 1 is 1.38 bits per heavy atom. The lowest BCUT2D eigenvalue weighted by atomic mass is 10.1. The number of rotatable bonds is 5. The van der Waals surface area contributed by atoms with Crippen LogP contribution in [0.5, 0.6) is 0 Å². The standard InChI is InChI=1S/C14H19FN6/c1-16-14(18-9-13-19-10-20-21(13)2)17-7-6-11-4-3-5-12(15)8-11/h3-5,8,10H,6-7,9H2,1-2H3,(H2,16,17,18). The van der Waals surface area contributed by atoms with Crippen LogP contribution in [-0.4, -0.2) is 34.3 Å². The van der Waals surface area contributed by atoms with Gasteiger partial charge in [0.15, 0.2) is 5.96 Å². The summed E-state index contributed by atoms with van der Waals surface area (Å²) in [6, 6.07) is 6.60. The number of hydrogen-bond donors (Lipinski definition) is 2. The van der Waals surface area contributed by atoms with Crippen molar-refractivity contribution in [2.75, 3.05) is 13.6 Å². The Labute approximate surface area is 123 Å². The molecule has 0 fully saturated rings. The second-order valence-corrected chi connectivity index (χ2v) is 4.53. The first-order valence-electron chi connectivity index (χ1n) is 6.71. The summed E-state index contributed by atoms with van der Waals surface area (Å²) in [7, 11) is 3.54. The highest BCUT2D eigenvalue weighted by atomic mass is 19.1. The predicted molar refractivity (Wildman–Crippen MR) is 79.3 cm³/mol. The maximum Gasteiger partial charge on any atom is 0.191 e. The highest BCUT2D eigenvalue weighted by Gasteiger charge is 2.02. The second-order valence-electron chi connectivity index (χ2n) is 4.53. The number of benzene rings is 1.